The molecule has 6 heteroatoms. The van der Waals surface area contributed by atoms with Crippen molar-refractivity contribution in [3.63, 3.8) is 0 Å². The van der Waals surface area contributed by atoms with Crippen molar-refractivity contribution in [2.75, 3.05) is 18.9 Å². The lowest BCUT2D eigenvalue weighted by molar-refractivity contribution is 0.0612. The second-order valence-electron chi connectivity index (χ2n) is 4.88. The number of aliphatic hydroxyl groups is 1. The summed E-state index contributed by atoms with van der Waals surface area (Å²) in [5, 5.41) is 13.5. The molecule has 3 N–H and O–H groups in total. The van der Waals surface area contributed by atoms with Gasteiger partial charge >= 0.3 is 0 Å². The van der Waals surface area contributed by atoms with Gasteiger partial charge in [-0.1, -0.05) is 20.8 Å². The molecule has 0 saturated carbocycles. The number of aryl methyl sites for hydroxylation is 2. The first kappa shape index (κ1) is 16.5. The van der Waals surface area contributed by atoms with E-state index in [4.69, 9.17) is 5.73 Å². The smallest absolute Gasteiger partial charge is 0.274 e. The topological polar surface area (TPSA) is 84.4 Å². The van der Waals surface area contributed by atoms with Crippen LogP contribution in [0, 0.1) is 0 Å². The molecule has 0 saturated heterocycles. The quantitative estimate of drug-likeness (QED) is 0.786. The molecule has 1 heterocycles. The Kier molecular flexibility index (Phi) is 6.01. The van der Waals surface area contributed by atoms with E-state index in [-0.39, 0.29) is 18.6 Å². The summed E-state index contributed by atoms with van der Waals surface area (Å²) in [4.78, 5) is 14.4. The third-order valence-electron chi connectivity index (χ3n) is 3.68. The first-order chi connectivity index (χ1) is 9.51. The molecule has 1 amide bonds. The summed E-state index contributed by atoms with van der Waals surface area (Å²) in [7, 11) is 1.73. The number of amides is 1. The summed E-state index contributed by atoms with van der Waals surface area (Å²) in [5.74, 6) is -0.153. The monoisotopic (exact) mass is 282 g/mol. The van der Waals surface area contributed by atoms with Crippen LogP contribution in [0.3, 0.4) is 0 Å². The standard InChI is InChI=1S/C14H26N4O2/c1-5-10(6-2)18(8-9-19)14(20)13-12(15)11(7-3)16-17(13)4/h10,19H,5-9,15H2,1-4H3. The Morgan fingerprint density at radius 1 is 1.40 bits per heavy atom. The third-order valence-corrected chi connectivity index (χ3v) is 3.68. The highest BCUT2D eigenvalue weighted by Gasteiger charge is 2.27. The molecule has 0 bridgehead atoms. The molecule has 0 aliphatic carbocycles. The highest BCUT2D eigenvalue weighted by Crippen LogP contribution is 2.21. The van der Waals surface area contributed by atoms with E-state index in [1.807, 2.05) is 20.8 Å². The summed E-state index contributed by atoms with van der Waals surface area (Å²) < 4.78 is 1.54. The Balaban J connectivity index is 3.15. The average Bonchev–Trinajstić information content (AvgIpc) is 2.73. The van der Waals surface area contributed by atoms with E-state index >= 15 is 0 Å². The van der Waals surface area contributed by atoms with E-state index in [0.29, 0.717) is 24.3 Å². The third kappa shape index (κ3) is 3.12. The lowest BCUT2D eigenvalue weighted by atomic mass is 10.1. The van der Waals surface area contributed by atoms with Gasteiger partial charge in [-0.15, -0.1) is 0 Å². The molecule has 6 nitrogen and oxygen atoms in total. The molecular weight excluding hydrogens is 256 g/mol. The van der Waals surface area contributed by atoms with Gasteiger partial charge < -0.3 is 15.7 Å². The average molecular weight is 282 g/mol. The second kappa shape index (κ2) is 7.28. The first-order valence-corrected chi connectivity index (χ1v) is 7.24. The molecule has 1 rings (SSSR count). The van der Waals surface area contributed by atoms with Crippen LogP contribution in [0.5, 0.6) is 0 Å². The zero-order chi connectivity index (χ0) is 15.3. The highest BCUT2D eigenvalue weighted by atomic mass is 16.3. The number of hydrogen-bond donors (Lipinski definition) is 2. The van der Waals surface area contributed by atoms with E-state index in [2.05, 4.69) is 5.10 Å². The fourth-order valence-corrected chi connectivity index (χ4v) is 2.53. The molecule has 0 aliphatic heterocycles. The number of aliphatic hydroxyl groups excluding tert-OH is 1. The van der Waals surface area contributed by atoms with Crippen molar-refractivity contribution in [2.45, 2.75) is 46.1 Å². The fourth-order valence-electron chi connectivity index (χ4n) is 2.53. The van der Waals surface area contributed by atoms with Crippen LogP contribution < -0.4 is 5.73 Å². The molecular formula is C14H26N4O2. The second-order valence-corrected chi connectivity index (χ2v) is 4.88. The summed E-state index contributed by atoms with van der Waals surface area (Å²) in [6, 6.07) is 0.106. The maximum absolute atomic E-state index is 12.7. The summed E-state index contributed by atoms with van der Waals surface area (Å²) >= 11 is 0. The molecule has 0 fully saturated rings. The number of aromatic nitrogens is 2. The number of carbonyl (C=O) groups is 1. The van der Waals surface area contributed by atoms with E-state index in [1.165, 1.54) is 0 Å². The van der Waals surface area contributed by atoms with Gasteiger partial charge in [0.2, 0.25) is 0 Å². The molecule has 0 aliphatic rings. The molecule has 0 radical (unpaired) electrons. The number of nitrogens with zero attached hydrogens (tertiary/aromatic N) is 3. The van der Waals surface area contributed by atoms with Crippen LogP contribution in [-0.2, 0) is 13.5 Å². The molecule has 20 heavy (non-hydrogen) atoms. The van der Waals surface area contributed by atoms with Crippen molar-refractivity contribution in [3.8, 4) is 0 Å². The number of nitrogens with two attached hydrogens (primary N) is 1. The maximum Gasteiger partial charge on any atom is 0.274 e. The lowest BCUT2D eigenvalue weighted by Crippen LogP contribution is -2.42. The molecule has 0 spiro atoms. The maximum atomic E-state index is 12.7. The number of carbonyl (C=O) groups excluding carboxylic acids is 1. The van der Waals surface area contributed by atoms with Crippen molar-refractivity contribution in [1.29, 1.82) is 0 Å². The lowest BCUT2D eigenvalue weighted by Gasteiger charge is -2.30. The Bertz CT molecular complexity index is 452. The van der Waals surface area contributed by atoms with Gasteiger partial charge in [0, 0.05) is 19.6 Å². The minimum atomic E-state index is -0.153. The van der Waals surface area contributed by atoms with Crippen molar-refractivity contribution in [1.82, 2.24) is 14.7 Å². The molecule has 1 aromatic heterocycles. The van der Waals surface area contributed by atoms with Crippen molar-refractivity contribution in [3.05, 3.63) is 11.4 Å². The van der Waals surface area contributed by atoms with Crippen LogP contribution in [0.25, 0.3) is 0 Å². The fraction of sp³-hybridized carbons (Fsp3) is 0.714. The van der Waals surface area contributed by atoms with E-state index in [1.54, 1.807) is 16.6 Å². The van der Waals surface area contributed by atoms with Gasteiger partial charge in [0.05, 0.1) is 18.0 Å². The zero-order valence-electron chi connectivity index (χ0n) is 12.9. The van der Waals surface area contributed by atoms with Crippen LogP contribution in [0.4, 0.5) is 5.69 Å². The largest absolute Gasteiger partial charge is 0.395 e. The van der Waals surface area contributed by atoms with Crippen molar-refractivity contribution < 1.29 is 9.90 Å². The minimum Gasteiger partial charge on any atom is -0.395 e. The van der Waals surface area contributed by atoms with E-state index in [0.717, 1.165) is 18.5 Å². The van der Waals surface area contributed by atoms with Gasteiger partial charge in [0.1, 0.15) is 5.69 Å². The van der Waals surface area contributed by atoms with E-state index < -0.39 is 0 Å². The number of anilines is 1. The first-order valence-electron chi connectivity index (χ1n) is 7.24. The molecule has 0 atom stereocenters. The Morgan fingerprint density at radius 2 is 2.00 bits per heavy atom. The minimum absolute atomic E-state index is 0.0549. The van der Waals surface area contributed by atoms with E-state index in [9.17, 15) is 9.90 Å². The molecule has 114 valence electrons. The van der Waals surface area contributed by atoms with Gasteiger partial charge in [-0.05, 0) is 19.3 Å². The number of hydrogen-bond acceptors (Lipinski definition) is 4. The molecule has 1 aromatic rings. The van der Waals surface area contributed by atoms with Crippen LogP contribution in [0.1, 0.15) is 49.8 Å². The van der Waals surface area contributed by atoms with Crippen molar-refractivity contribution >= 4 is 11.6 Å². The summed E-state index contributed by atoms with van der Waals surface area (Å²) in [6.07, 6.45) is 2.39. The summed E-state index contributed by atoms with van der Waals surface area (Å²) in [5.41, 5.74) is 7.65. The van der Waals surface area contributed by atoms with Gasteiger partial charge in [-0.2, -0.15) is 5.10 Å². The van der Waals surface area contributed by atoms with Crippen LogP contribution >= 0.6 is 0 Å². The van der Waals surface area contributed by atoms with Crippen LogP contribution in [0.2, 0.25) is 0 Å². The number of nitrogen functional groups attached to an aromatic ring is 1. The Morgan fingerprint density at radius 3 is 2.40 bits per heavy atom. The van der Waals surface area contributed by atoms with Crippen LogP contribution in [-0.4, -0.2) is 44.9 Å². The number of rotatable bonds is 7. The highest BCUT2D eigenvalue weighted by molar-refractivity contribution is 5.98. The predicted molar refractivity (Wildman–Crippen MR) is 79.5 cm³/mol. The molecule has 0 unspecified atom stereocenters. The Hall–Kier alpha value is -1.56. The van der Waals surface area contributed by atoms with Crippen LogP contribution in [0.15, 0.2) is 0 Å². The summed E-state index contributed by atoms with van der Waals surface area (Å²) in [6.45, 7) is 6.29. The van der Waals surface area contributed by atoms with Gasteiger partial charge in [0.25, 0.3) is 5.91 Å². The SMILES string of the molecule is CCc1nn(C)c(C(=O)N(CCO)C(CC)CC)c1N. The Labute approximate surface area is 120 Å². The predicted octanol–water partition coefficient (Wildman–Crippen LogP) is 1.19. The zero-order valence-corrected chi connectivity index (χ0v) is 12.9. The molecule has 0 aromatic carbocycles. The van der Waals surface area contributed by atoms with Crippen molar-refractivity contribution in [2.24, 2.45) is 7.05 Å². The van der Waals surface area contributed by atoms with Gasteiger partial charge in [-0.3, -0.25) is 9.48 Å². The van der Waals surface area contributed by atoms with Gasteiger partial charge in [0.15, 0.2) is 0 Å². The normalized spacial score (nSPS) is 11.1. The van der Waals surface area contributed by atoms with Gasteiger partial charge in [-0.25, -0.2) is 0 Å².